The second kappa shape index (κ2) is 4.72. The van der Waals surface area contributed by atoms with Crippen molar-refractivity contribution in [2.75, 3.05) is 5.73 Å². The van der Waals surface area contributed by atoms with Gasteiger partial charge in [-0.2, -0.15) is 0 Å². The van der Waals surface area contributed by atoms with Crippen molar-refractivity contribution >= 4 is 28.2 Å². The van der Waals surface area contributed by atoms with Gasteiger partial charge in [-0.3, -0.25) is 4.98 Å². The van der Waals surface area contributed by atoms with Crippen LogP contribution < -0.4 is 5.73 Å². The van der Waals surface area contributed by atoms with Crippen molar-refractivity contribution in [3.63, 3.8) is 0 Å². The van der Waals surface area contributed by atoms with Crippen LogP contribution in [0, 0.1) is 12.7 Å². The van der Waals surface area contributed by atoms with Crippen molar-refractivity contribution in [1.82, 2.24) is 9.97 Å². The van der Waals surface area contributed by atoms with Crippen LogP contribution in [0.1, 0.15) is 5.69 Å². The number of nitrogen functional groups attached to an aromatic ring is 1. The minimum Gasteiger partial charge on any atom is -0.399 e. The molecule has 0 bridgehead atoms. The Hall–Kier alpha value is -2.20. The third kappa shape index (κ3) is 2.18. The van der Waals surface area contributed by atoms with Crippen LogP contribution in [-0.4, -0.2) is 9.97 Å². The van der Waals surface area contributed by atoms with E-state index in [0.29, 0.717) is 27.7 Å². The smallest absolute Gasteiger partial charge is 0.131 e. The fourth-order valence-corrected chi connectivity index (χ4v) is 2.31. The number of hydrogen-bond donors (Lipinski definition) is 1. The Balaban J connectivity index is 2.28. The van der Waals surface area contributed by atoms with Crippen molar-refractivity contribution in [3.05, 3.63) is 53.2 Å². The average molecular weight is 288 g/mol. The molecule has 20 heavy (non-hydrogen) atoms. The molecule has 2 N–H and O–H groups in total. The quantitative estimate of drug-likeness (QED) is 0.544. The molecule has 0 spiro atoms. The first-order valence-electron chi connectivity index (χ1n) is 6.03. The molecule has 0 amide bonds. The summed E-state index contributed by atoms with van der Waals surface area (Å²) >= 11 is 5.85. The molecule has 5 heteroatoms. The van der Waals surface area contributed by atoms with Gasteiger partial charge in [0.05, 0.1) is 5.52 Å². The van der Waals surface area contributed by atoms with Crippen molar-refractivity contribution in [2.45, 2.75) is 6.92 Å². The van der Waals surface area contributed by atoms with Crippen LogP contribution in [0.3, 0.4) is 0 Å². The Morgan fingerprint density at radius 1 is 1.15 bits per heavy atom. The van der Waals surface area contributed by atoms with Gasteiger partial charge in [-0.05, 0) is 31.2 Å². The highest BCUT2D eigenvalue weighted by Gasteiger charge is 2.11. The molecule has 0 aliphatic carbocycles. The number of benzene rings is 1. The van der Waals surface area contributed by atoms with E-state index in [1.807, 2.05) is 13.0 Å². The maximum atomic E-state index is 14.0. The molecule has 0 aliphatic heterocycles. The van der Waals surface area contributed by atoms with Crippen LogP contribution in [0.2, 0.25) is 5.15 Å². The molecule has 0 unspecified atom stereocenters. The van der Waals surface area contributed by atoms with Gasteiger partial charge in [0.25, 0.3) is 0 Å². The third-order valence-corrected chi connectivity index (χ3v) is 3.34. The van der Waals surface area contributed by atoms with E-state index in [4.69, 9.17) is 17.3 Å². The standard InChI is InChI=1S/C15H11ClFN3/c1-8-11(12-5-10(18)2-3-13(12)17)4-9-7-19-15(16)6-14(9)20-8/h2-7H,18H2,1H3. The number of fused-ring (bicyclic) bond motifs is 1. The van der Waals surface area contributed by atoms with Crippen molar-refractivity contribution in [1.29, 1.82) is 0 Å². The van der Waals surface area contributed by atoms with Crippen LogP contribution in [0.25, 0.3) is 22.0 Å². The van der Waals surface area contributed by atoms with Gasteiger partial charge < -0.3 is 5.73 Å². The molecule has 0 fully saturated rings. The van der Waals surface area contributed by atoms with E-state index < -0.39 is 0 Å². The second-order valence-electron chi connectivity index (χ2n) is 4.56. The van der Waals surface area contributed by atoms with E-state index in [1.165, 1.54) is 12.1 Å². The first-order chi connectivity index (χ1) is 9.54. The average Bonchev–Trinajstić information content (AvgIpc) is 2.41. The summed E-state index contributed by atoms with van der Waals surface area (Å²) in [7, 11) is 0. The number of nitrogens with zero attached hydrogens (tertiary/aromatic N) is 2. The highest BCUT2D eigenvalue weighted by molar-refractivity contribution is 6.30. The lowest BCUT2D eigenvalue weighted by Crippen LogP contribution is -1.94. The van der Waals surface area contributed by atoms with Gasteiger partial charge in [0.1, 0.15) is 11.0 Å². The Morgan fingerprint density at radius 2 is 1.95 bits per heavy atom. The number of pyridine rings is 2. The van der Waals surface area contributed by atoms with Crippen LogP contribution in [0.5, 0.6) is 0 Å². The van der Waals surface area contributed by atoms with Crippen molar-refractivity contribution in [2.24, 2.45) is 0 Å². The van der Waals surface area contributed by atoms with Crippen LogP contribution >= 0.6 is 11.6 Å². The van der Waals surface area contributed by atoms with E-state index in [-0.39, 0.29) is 5.82 Å². The summed E-state index contributed by atoms with van der Waals surface area (Å²) in [6.07, 6.45) is 1.62. The van der Waals surface area contributed by atoms with E-state index in [1.54, 1.807) is 18.3 Å². The third-order valence-electron chi connectivity index (χ3n) is 3.14. The van der Waals surface area contributed by atoms with Gasteiger partial charge in [-0.15, -0.1) is 0 Å². The fraction of sp³-hybridized carbons (Fsp3) is 0.0667. The summed E-state index contributed by atoms with van der Waals surface area (Å²) < 4.78 is 14.0. The molecule has 0 saturated carbocycles. The molecular weight excluding hydrogens is 277 g/mol. The van der Waals surface area contributed by atoms with Crippen molar-refractivity contribution < 1.29 is 4.39 Å². The van der Waals surface area contributed by atoms with Crippen LogP contribution in [0.15, 0.2) is 36.5 Å². The Kier molecular flexibility index (Phi) is 3.03. The number of rotatable bonds is 1. The summed E-state index contributed by atoms with van der Waals surface area (Å²) in [5, 5.41) is 1.18. The lowest BCUT2D eigenvalue weighted by atomic mass is 10.0. The molecule has 3 nitrogen and oxygen atoms in total. The highest BCUT2D eigenvalue weighted by atomic mass is 35.5. The van der Waals surface area contributed by atoms with Gasteiger partial charge in [0.2, 0.25) is 0 Å². The molecule has 0 aliphatic rings. The minimum atomic E-state index is -0.328. The zero-order valence-corrected chi connectivity index (χ0v) is 11.4. The van der Waals surface area contributed by atoms with Crippen LogP contribution in [0.4, 0.5) is 10.1 Å². The number of hydrogen-bond acceptors (Lipinski definition) is 3. The molecule has 2 heterocycles. The van der Waals surface area contributed by atoms with E-state index in [0.717, 1.165) is 10.9 Å². The number of halogens is 2. The number of aromatic nitrogens is 2. The van der Waals surface area contributed by atoms with Gasteiger partial charge >= 0.3 is 0 Å². The minimum absolute atomic E-state index is 0.328. The number of aryl methyl sites for hydroxylation is 1. The summed E-state index contributed by atoms with van der Waals surface area (Å²) in [5.74, 6) is -0.328. The Bertz CT molecular complexity index is 818. The molecule has 3 aromatic rings. The fourth-order valence-electron chi connectivity index (χ4n) is 2.16. The Morgan fingerprint density at radius 3 is 2.75 bits per heavy atom. The maximum absolute atomic E-state index is 14.0. The lowest BCUT2D eigenvalue weighted by Gasteiger charge is -2.09. The van der Waals surface area contributed by atoms with Crippen LogP contribution in [-0.2, 0) is 0 Å². The maximum Gasteiger partial charge on any atom is 0.131 e. The molecule has 0 saturated heterocycles. The Labute approximate surface area is 120 Å². The second-order valence-corrected chi connectivity index (χ2v) is 4.95. The number of anilines is 1. The summed E-state index contributed by atoms with van der Waals surface area (Å²) in [6.45, 7) is 1.83. The van der Waals surface area contributed by atoms with Gasteiger partial charge in [0.15, 0.2) is 0 Å². The largest absolute Gasteiger partial charge is 0.399 e. The molecule has 2 aromatic heterocycles. The molecule has 100 valence electrons. The molecule has 0 atom stereocenters. The molecule has 1 aromatic carbocycles. The summed E-state index contributed by atoms with van der Waals surface area (Å²) in [4.78, 5) is 8.47. The van der Waals surface area contributed by atoms with Gasteiger partial charge in [-0.25, -0.2) is 9.37 Å². The summed E-state index contributed by atoms with van der Waals surface area (Å²) in [5.41, 5.74) is 8.82. The van der Waals surface area contributed by atoms with E-state index >= 15 is 0 Å². The zero-order chi connectivity index (χ0) is 14.3. The van der Waals surface area contributed by atoms with Gasteiger partial charge in [0, 0.05) is 40.2 Å². The van der Waals surface area contributed by atoms with E-state index in [2.05, 4.69) is 9.97 Å². The van der Waals surface area contributed by atoms with Gasteiger partial charge in [-0.1, -0.05) is 11.6 Å². The first kappa shape index (κ1) is 12.8. The predicted octanol–water partition coefficient (Wildman–Crippen LogP) is 3.98. The molecular formula is C15H11ClFN3. The normalized spacial score (nSPS) is 10.9. The van der Waals surface area contributed by atoms with Crippen molar-refractivity contribution in [3.8, 4) is 11.1 Å². The lowest BCUT2D eigenvalue weighted by molar-refractivity contribution is 0.631. The topological polar surface area (TPSA) is 51.8 Å². The first-order valence-corrected chi connectivity index (χ1v) is 6.41. The predicted molar refractivity (Wildman–Crippen MR) is 79.1 cm³/mol. The summed E-state index contributed by atoms with van der Waals surface area (Å²) in [6, 6.07) is 8.02. The SMILES string of the molecule is Cc1nc2cc(Cl)ncc2cc1-c1cc(N)ccc1F. The molecule has 3 rings (SSSR count). The number of nitrogens with two attached hydrogens (primary N) is 1. The zero-order valence-electron chi connectivity index (χ0n) is 10.7. The molecule has 0 radical (unpaired) electrons. The monoisotopic (exact) mass is 287 g/mol. The highest BCUT2D eigenvalue weighted by Crippen LogP contribution is 2.30. The van der Waals surface area contributed by atoms with E-state index in [9.17, 15) is 4.39 Å².